The lowest BCUT2D eigenvalue weighted by Gasteiger charge is -2.25. The van der Waals surface area contributed by atoms with Crippen LogP contribution in [0.3, 0.4) is 0 Å². The largest absolute Gasteiger partial charge is 0.346 e. The van der Waals surface area contributed by atoms with E-state index in [1.54, 1.807) is 22.9 Å². The van der Waals surface area contributed by atoms with Crippen LogP contribution >= 0.6 is 0 Å². The predicted molar refractivity (Wildman–Crippen MR) is 110 cm³/mol. The highest BCUT2D eigenvalue weighted by Gasteiger charge is 2.20. The van der Waals surface area contributed by atoms with E-state index in [2.05, 4.69) is 21.4 Å². The van der Waals surface area contributed by atoms with Gasteiger partial charge in [-0.2, -0.15) is 4.98 Å². The summed E-state index contributed by atoms with van der Waals surface area (Å²) in [4.78, 5) is 24.6. The van der Waals surface area contributed by atoms with Gasteiger partial charge in [0.1, 0.15) is 5.65 Å². The Kier molecular flexibility index (Phi) is 4.16. The summed E-state index contributed by atoms with van der Waals surface area (Å²) in [5.74, 6) is 1.33. The third-order valence-electron chi connectivity index (χ3n) is 5.43. The van der Waals surface area contributed by atoms with E-state index in [4.69, 9.17) is 4.98 Å². The van der Waals surface area contributed by atoms with E-state index in [9.17, 15) is 4.79 Å². The second-order valence-corrected chi connectivity index (χ2v) is 7.32. The lowest BCUT2D eigenvalue weighted by atomic mass is 9.82. The Morgan fingerprint density at radius 3 is 2.68 bits per heavy atom. The van der Waals surface area contributed by atoms with Crippen LogP contribution in [0, 0.1) is 5.92 Å². The normalized spacial score (nSPS) is 14.1. The quantitative estimate of drug-likeness (QED) is 0.551. The summed E-state index contributed by atoms with van der Waals surface area (Å²) in [6, 6.07) is 14.9. The number of nitrogens with zero attached hydrogens (tertiary/aromatic N) is 3. The van der Waals surface area contributed by atoms with E-state index in [-0.39, 0.29) is 5.56 Å². The average molecular weight is 371 g/mol. The third kappa shape index (κ3) is 3.17. The second-order valence-electron chi connectivity index (χ2n) is 7.32. The molecule has 2 N–H and O–H groups in total. The molecule has 3 aromatic heterocycles. The molecule has 0 radical (unpaired) electrons. The molecule has 1 aliphatic rings. The number of aromatic amines is 1. The van der Waals surface area contributed by atoms with Gasteiger partial charge in [-0.25, -0.2) is 4.98 Å². The maximum Gasteiger partial charge on any atom is 0.255 e. The van der Waals surface area contributed by atoms with Crippen LogP contribution in [0.15, 0.2) is 65.7 Å². The van der Waals surface area contributed by atoms with Crippen molar-refractivity contribution in [2.24, 2.45) is 5.92 Å². The van der Waals surface area contributed by atoms with Gasteiger partial charge in [0, 0.05) is 35.2 Å². The number of pyridine rings is 1. The van der Waals surface area contributed by atoms with Gasteiger partial charge in [-0.15, -0.1) is 0 Å². The standard InChI is InChI=1S/C22H21N5O/c28-20-6-1-2-13-27(20)17-9-7-16(8-10-17)24-22-25-19(14-15-4-3-5-15)18-11-12-23-21(18)26-22/h1-2,6-13,15H,3-5,14H2,(H2,23,24,25,26). The maximum atomic E-state index is 12.0. The molecule has 0 spiro atoms. The van der Waals surface area contributed by atoms with E-state index in [1.165, 1.54) is 19.3 Å². The van der Waals surface area contributed by atoms with E-state index in [0.717, 1.165) is 40.4 Å². The summed E-state index contributed by atoms with van der Waals surface area (Å²) in [5.41, 5.74) is 3.62. The minimum atomic E-state index is -0.0515. The lowest BCUT2D eigenvalue weighted by Crippen LogP contribution is -2.15. The van der Waals surface area contributed by atoms with Gasteiger partial charge >= 0.3 is 0 Å². The van der Waals surface area contributed by atoms with E-state index in [0.29, 0.717) is 5.95 Å². The van der Waals surface area contributed by atoms with Crippen molar-refractivity contribution in [2.45, 2.75) is 25.7 Å². The fourth-order valence-electron chi connectivity index (χ4n) is 3.66. The zero-order chi connectivity index (χ0) is 18.9. The molecule has 1 saturated carbocycles. The fraction of sp³-hybridized carbons (Fsp3) is 0.227. The number of aromatic nitrogens is 4. The Bertz CT molecular complexity index is 1170. The van der Waals surface area contributed by atoms with Crippen LogP contribution in [0.25, 0.3) is 16.7 Å². The van der Waals surface area contributed by atoms with Crippen molar-refractivity contribution in [1.82, 2.24) is 19.5 Å². The molecule has 0 aliphatic heterocycles. The molecule has 0 saturated heterocycles. The number of anilines is 2. The minimum absolute atomic E-state index is 0.0515. The first-order chi connectivity index (χ1) is 13.8. The Balaban J connectivity index is 1.42. The summed E-state index contributed by atoms with van der Waals surface area (Å²) in [7, 11) is 0. The molecule has 1 aromatic carbocycles. The number of H-pyrrole nitrogens is 1. The van der Waals surface area contributed by atoms with Crippen molar-refractivity contribution in [3.05, 3.63) is 77.0 Å². The van der Waals surface area contributed by atoms with E-state index in [1.807, 2.05) is 36.5 Å². The minimum Gasteiger partial charge on any atom is -0.346 e. The Morgan fingerprint density at radius 1 is 1.07 bits per heavy atom. The molecule has 140 valence electrons. The number of nitrogens with one attached hydrogen (secondary N) is 2. The number of fused-ring (bicyclic) bond motifs is 1. The Labute approximate surface area is 162 Å². The molecule has 1 aliphatic carbocycles. The molecule has 0 bridgehead atoms. The van der Waals surface area contributed by atoms with Crippen molar-refractivity contribution in [2.75, 3.05) is 5.32 Å². The highest BCUT2D eigenvalue weighted by Crippen LogP contribution is 2.31. The number of rotatable bonds is 5. The van der Waals surface area contributed by atoms with Gasteiger partial charge in [0.05, 0.1) is 5.69 Å². The zero-order valence-electron chi connectivity index (χ0n) is 15.4. The summed E-state index contributed by atoms with van der Waals surface area (Å²) in [5, 5.41) is 4.41. The Hall–Kier alpha value is -3.41. The highest BCUT2D eigenvalue weighted by molar-refractivity contribution is 5.79. The first kappa shape index (κ1) is 16.7. The molecular weight excluding hydrogens is 350 g/mol. The number of benzene rings is 1. The second kappa shape index (κ2) is 6.96. The molecule has 28 heavy (non-hydrogen) atoms. The zero-order valence-corrected chi connectivity index (χ0v) is 15.4. The summed E-state index contributed by atoms with van der Waals surface area (Å²) < 4.78 is 1.61. The molecular formula is C22H21N5O. The molecule has 0 atom stereocenters. The summed E-state index contributed by atoms with van der Waals surface area (Å²) in [6.07, 6.45) is 8.59. The van der Waals surface area contributed by atoms with Gasteiger partial charge in [-0.3, -0.25) is 9.36 Å². The summed E-state index contributed by atoms with van der Waals surface area (Å²) >= 11 is 0. The molecule has 4 aromatic rings. The molecule has 6 heteroatoms. The van der Waals surface area contributed by atoms with Crippen molar-refractivity contribution in [3.63, 3.8) is 0 Å². The van der Waals surface area contributed by atoms with E-state index >= 15 is 0 Å². The van der Waals surface area contributed by atoms with Crippen molar-refractivity contribution >= 4 is 22.7 Å². The van der Waals surface area contributed by atoms with Crippen LogP contribution in [0.1, 0.15) is 25.0 Å². The fourth-order valence-corrected chi connectivity index (χ4v) is 3.66. The van der Waals surface area contributed by atoms with Crippen LogP contribution in [-0.4, -0.2) is 19.5 Å². The van der Waals surface area contributed by atoms with Gasteiger partial charge in [-0.05, 0) is 48.7 Å². The highest BCUT2D eigenvalue weighted by atomic mass is 16.1. The van der Waals surface area contributed by atoms with Gasteiger partial charge < -0.3 is 10.3 Å². The average Bonchev–Trinajstić information content (AvgIpc) is 3.14. The molecule has 5 rings (SSSR count). The Morgan fingerprint density at radius 2 is 1.93 bits per heavy atom. The smallest absolute Gasteiger partial charge is 0.255 e. The van der Waals surface area contributed by atoms with Gasteiger partial charge in [0.25, 0.3) is 5.56 Å². The van der Waals surface area contributed by atoms with Gasteiger partial charge in [0.15, 0.2) is 0 Å². The van der Waals surface area contributed by atoms with Crippen LogP contribution < -0.4 is 10.9 Å². The first-order valence-electron chi connectivity index (χ1n) is 9.65. The molecule has 1 fully saturated rings. The SMILES string of the molecule is O=c1ccccn1-c1ccc(Nc2nc(CC3CCC3)c3cc[nH]c3n2)cc1. The number of hydrogen-bond acceptors (Lipinski definition) is 4. The van der Waals surface area contributed by atoms with Gasteiger partial charge in [0.2, 0.25) is 5.95 Å². The first-order valence-corrected chi connectivity index (χ1v) is 9.65. The molecule has 0 amide bonds. The third-order valence-corrected chi connectivity index (χ3v) is 5.43. The van der Waals surface area contributed by atoms with Crippen LogP contribution in [0.2, 0.25) is 0 Å². The maximum absolute atomic E-state index is 12.0. The topological polar surface area (TPSA) is 75.6 Å². The van der Waals surface area contributed by atoms with Gasteiger partial charge in [-0.1, -0.05) is 25.3 Å². The monoisotopic (exact) mass is 371 g/mol. The predicted octanol–water partition coefficient (Wildman–Crippen LogP) is 4.20. The van der Waals surface area contributed by atoms with Crippen LogP contribution in [0.4, 0.5) is 11.6 Å². The molecule has 0 unspecified atom stereocenters. The van der Waals surface area contributed by atoms with Crippen molar-refractivity contribution in [1.29, 1.82) is 0 Å². The van der Waals surface area contributed by atoms with Crippen molar-refractivity contribution in [3.8, 4) is 5.69 Å². The van der Waals surface area contributed by atoms with E-state index < -0.39 is 0 Å². The lowest BCUT2D eigenvalue weighted by molar-refractivity contribution is 0.313. The molecule has 3 heterocycles. The van der Waals surface area contributed by atoms with Crippen LogP contribution in [0.5, 0.6) is 0 Å². The van der Waals surface area contributed by atoms with Crippen molar-refractivity contribution < 1.29 is 0 Å². The number of hydrogen-bond donors (Lipinski definition) is 2. The van der Waals surface area contributed by atoms with Crippen LogP contribution in [-0.2, 0) is 6.42 Å². The molecule has 6 nitrogen and oxygen atoms in total. The summed E-state index contributed by atoms with van der Waals surface area (Å²) in [6.45, 7) is 0.